The van der Waals surface area contributed by atoms with Crippen molar-refractivity contribution in [2.45, 2.75) is 57.6 Å². The van der Waals surface area contributed by atoms with E-state index in [1.165, 1.54) is 39.6 Å². The number of alkyl halides is 4. The Morgan fingerprint density at radius 3 is 2.31 bits per heavy atom. The molecule has 0 spiro atoms. The Hall–Kier alpha value is -6.86. The zero-order valence-electron chi connectivity index (χ0n) is 37.1. The summed E-state index contributed by atoms with van der Waals surface area (Å²) in [5.74, 6) is -0.695. The Bertz CT molecular complexity index is 2890. The first-order valence-electron chi connectivity index (χ1n) is 21.4. The number of fused-ring (bicyclic) bond motifs is 1. The third-order valence-corrected chi connectivity index (χ3v) is 13.0. The average Bonchev–Trinajstić information content (AvgIpc) is 3.81. The maximum atomic E-state index is 18.0. The lowest BCUT2D eigenvalue weighted by Gasteiger charge is -2.42. The molecule has 1 unspecified atom stereocenters. The number of carboxylic acid groups (broad SMARTS) is 1. The van der Waals surface area contributed by atoms with Crippen molar-refractivity contribution in [3.05, 3.63) is 134 Å². The largest absolute Gasteiger partial charge is 0.497 e. The summed E-state index contributed by atoms with van der Waals surface area (Å²) in [4.78, 5) is 28.6. The first-order chi connectivity index (χ1) is 32.5. The van der Waals surface area contributed by atoms with Crippen LogP contribution in [0.4, 0.5) is 38.4 Å². The number of rotatable bonds is 15. The van der Waals surface area contributed by atoms with Gasteiger partial charge in [-0.1, -0.05) is 41.9 Å². The number of carbonyl (C=O) groups is 1. The van der Waals surface area contributed by atoms with E-state index in [0.717, 1.165) is 11.1 Å². The molecule has 1 aliphatic carbocycles. The van der Waals surface area contributed by atoms with Gasteiger partial charge in [-0.05, 0) is 79.8 Å². The number of hydrogen-bond donors (Lipinski definition) is 3. The van der Waals surface area contributed by atoms with Crippen LogP contribution < -0.4 is 40.3 Å². The van der Waals surface area contributed by atoms with E-state index >= 15 is 17.6 Å². The van der Waals surface area contributed by atoms with E-state index in [1.807, 2.05) is 24.3 Å². The van der Waals surface area contributed by atoms with Crippen LogP contribution in [0.2, 0.25) is 5.02 Å². The van der Waals surface area contributed by atoms with E-state index in [1.54, 1.807) is 53.1 Å². The van der Waals surface area contributed by atoms with Gasteiger partial charge in [0.15, 0.2) is 11.6 Å². The van der Waals surface area contributed by atoms with Gasteiger partial charge < -0.3 is 43.9 Å². The molecule has 1 amide bonds. The quantitative estimate of drug-likeness (QED) is 0.0862. The minimum Gasteiger partial charge on any atom is -0.497 e. The average molecular weight is 962 g/mol. The van der Waals surface area contributed by atoms with Crippen LogP contribution in [0.25, 0.3) is 17.1 Å². The third-order valence-electron chi connectivity index (χ3n) is 12.6. The van der Waals surface area contributed by atoms with Gasteiger partial charge in [-0.3, -0.25) is 10.3 Å². The maximum Gasteiger partial charge on any atom is 0.418 e. The number of nitrogens with one attached hydrogen (secondary N) is 2. The molecule has 68 heavy (non-hydrogen) atoms. The van der Waals surface area contributed by atoms with E-state index in [2.05, 4.69) is 25.6 Å². The van der Waals surface area contributed by atoms with Crippen molar-refractivity contribution >= 4 is 35.2 Å². The Kier molecular flexibility index (Phi) is 12.2. The molecule has 6 heterocycles. The molecule has 5 aromatic rings. The molecule has 1 atom stereocenters. The summed E-state index contributed by atoms with van der Waals surface area (Å²) >= 11 is 7.15. The van der Waals surface area contributed by atoms with Crippen molar-refractivity contribution in [1.29, 1.82) is 0 Å². The molecular formula is C48H45ClF5N7O7. The number of pyridine rings is 2. The summed E-state index contributed by atoms with van der Waals surface area (Å²) < 4.78 is 107. The van der Waals surface area contributed by atoms with Gasteiger partial charge in [0.2, 0.25) is 0 Å². The summed E-state index contributed by atoms with van der Waals surface area (Å²) in [6, 6.07) is 18.1. The molecule has 2 saturated heterocycles. The maximum absolute atomic E-state index is 18.0. The van der Waals surface area contributed by atoms with Gasteiger partial charge in [-0.25, -0.2) is 23.5 Å². The number of aromatic nitrogens is 2. The molecule has 2 aromatic heterocycles. The van der Waals surface area contributed by atoms with E-state index in [4.69, 9.17) is 35.3 Å². The third kappa shape index (κ3) is 8.64. The fraction of sp³-hybridized carbons (Fsp3) is 0.333. The van der Waals surface area contributed by atoms with Gasteiger partial charge in [-0.15, -0.1) is 0 Å². The minimum absolute atomic E-state index is 0.00249. The van der Waals surface area contributed by atoms with Crippen LogP contribution in [0, 0.1) is 18.2 Å². The molecule has 1 saturated carbocycles. The van der Waals surface area contributed by atoms with Crippen LogP contribution in [0.15, 0.2) is 90.1 Å². The number of amides is 1. The van der Waals surface area contributed by atoms with Crippen molar-refractivity contribution in [3.63, 3.8) is 0 Å². The monoisotopic (exact) mass is 961 g/mol. The number of methoxy groups -OCH3 is 2. The summed E-state index contributed by atoms with van der Waals surface area (Å²) in [5, 5.41) is 14.5. The highest BCUT2D eigenvalue weighted by Gasteiger charge is 2.63. The lowest BCUT2D eigenvalue weighted by Crippen LogP contribution is -2.48. The molecule has 3 aromatic carbocycles. The molecule has 3 fully saturated rings. The smallest absolute Gasteiger partial charge is 0.418 e. The predicted molar refractivity (Wildman–Crippen MR) is 240 cm³/mol. The molecule has 14 nitrogen and oxygen atoms in total. The number of hydrogen-bond acceptors (Lipinski definition) is 12. The van der Waals surface area contributed by atoms with Crippen LogP contribution in [-0.2, 0) is 28.7 Å². The van der Waals surface area contributed by atoms with Gasteiger partial charge in [0.25, 0.3) is 0 Å². The zero-order valence-corrected chi connectivity index (χ0v) is 37.9. The van der Waals surface area contributed by atoms with E-state index in [9.17, 15) is 14.3 Å². The topological polar surface area (TPSA) is 152 Å². The standard InChI is InChI=1S/C48H45ClF5N7O7/c1-26-16-33(60(17-28-7-11-30(64-3)12-8-28)18-29-9-13-31(65-4)14-10-29)58-40(37(26)48(52,53)54)35-38(49)41-36-42(39(35)51)68-34(66-23-46-20-47(21-46,22-50)67-24-46)19-61(44(36)57-25-56-41)27(2)32-6-5-15-55-43(32)59-45(62)63/h5-16,19,27,57H,17-18,20-25H2,1-4H3,(H,55,59)(H,62,63). The zero-order chi connectivity index (χ0) is 48.1. The van der Waals surface area contributed by atoms with Gasteiger partial charge in [0.1, 0.15) is 42.3 Å². The van der Waals surface area contributed by atoms with Gasteiger partial charge in [0, 0.05) is 30.3 Å². The van der Waals surface area contributed by atoms with Crippen LogP contribution in [0.3, 0.4) is 0 Å². The second-order valence-corrected chi connectivity index (χ2v) is 17.6. The van der Waals surface area contributed by atoms with E-state index < -0.39 is 69.4 Å². The molecular weight excluding hydrogens is 917 g/mol. The SMILES string of the molecule is COc1ccc(CN(Cc2ccc(OC)cc2)c2cc(C)c(C(F)(F)F)c(-c3c(F)c4c5c(c3Cl)=NCNC=5N(C(C)c3cccnc3NC(=O)O)C=C(OCC35COC(CF)(C3)C5)O4)n2)cc1. The second-order valence-electron chi connectivity index (χ2n) is 17.2. The van der Waals surface area contributed by atoms with E-state index in [0.29, 0.717) is 29.9 Å². The number of benzene rings is 3. The van der Waals surface area contributed by atoms with Crippen LogP contribution in [0.1, 0.15) is 53.6 Å². The number of anilines is 2. The molecule has 0 radical (unpaired) electrons. The van der Waals surface area contributed by atoms with Crippen molar-refractivity contribution < 1.29 is 55.5 Å². The van der Waals surface area contributed by atoms with Crippen LogP contribution in [0.5, 0.6) is 17.2 Å². The Morgan fingerprint density at radius 1 is 1.06 bits per heavy atom. The van der Waals surface area contributed by atoms with Crippen molar-refractivity contribution in [2.75, 3.05) is 51.0 Å². The van der Waals surface area contributed by atoms with Gasteiger partial charge in [0.05, 0.1) is 77.7 Å². The summed E-state index contributed by atoms with van der Waals surface area (Å²) in [6.07, 6.45) is -2.86. The molecule has 356 valence electrons. The van der Waals surface area contributed by atoms with Gasteiger partial charge in [-0.2, -0.15) is 13.2 Å². The highest BCUT2D eigenvalue weighted by atomic mass is 35.5. The molecule has 5 aliphatic rings. The summed E-state index contributed by atoms with van der Waals surface area (Å²) in [7, 11) is 3.07. The first-order valence-corrected chi connectivity index (χ1v) is 21.8. The number of aryl methyl sites for hydroxylation is 1. The molecule has 10 rings (SSSR count). The lowest BCUT2D eigenvalue weighted by atomic mass is 9.63. The summed E-state index contributed by atoms with van der Waals surface area (Å²) in [5.41, 5.74) is -2.56. The highest BCUT2D eigenvalue weighted by Crippen LogP contribution is 2.58. The minimum atomic E-state index is -5.05. The van der Waals surface area contributed by atoms with Crippen molar-refractivity contribution in [1.82, 2.24) is 20.2 Å². The lowest BCUT2D eigenvalue weighted by molar-refractivity contribution is -0.137. The highest BCUT2D eigenvalue weighted by molar-refractivity contribution is 6.33. The molecule has 3 N–H and O–H groups in total. The molecule has 2 bridgehead atoms. The Labute approximate surface area is 391 Å². The Morgan fingerprint density at radius 2 is 1.72 bits per heavy atom. The second kappa shape index (κ2) is 18.0. The summed E-state index contributed by atoms with van der Waals surface area (Å²) in [6.45, 7) is 2.64. The van der Waals surface area contributed by atoms with Gasteiger partial charge >= 0.3 is 18.2 Å². The fourth-order valence-corrected chi connectivity index (χ4v) is 9.75. The molecule has 20 heteroatoms. The number of ether oxygens (including phenoxy) is 5. The van der Waals surface area contributed by atoms with Crippen molar-refractivity contribution in [3.8, 4) is 28.5 Å². The predicted octanol–water partition coefficient (Wildman–Crippen LogP) is 8.61. The fourth-order valence-electron chi connectivity index (χ4n) is 9.42. The normalized spacial score (nSPS) is 19.5. The van der Waals surface area contributed by atoms with Crippen LogP contribution in [-0.4, -0.2) is 72.4 Å². The first kappa shape index (κ1) is 46.3. The number of nitrogens with zero attached hydrogens (tertiary/aromatic N) is 5. The Balaban J connectivity index is 1.22. The van der Waals surface area contributed by atoms with Crippen LogP contribution >= 0.6 is 11.6 Å². The number of halogens is 6. The van der Waals surface area contributed by atoms with Crippen molar-refractivity contribution in [2.24, 2.45) is 10.4 Å². The molecule has 4 aliphatic heterocycles. The van der Waals surface area contributed by atoms with E-state index in [-0.39, 0.29) is 72.5 Å².